The largest absolute Gasteiger partial charge is 0.500 e. The van der Waals surface area contributed by atoms with Crippen LogP contribution in [-0.4, -0.2) is 9.97 Å². The van der Waals surface area contributed by atoms with Crippen molar-refractivity contribution in [1.29, 1.82) is 0 Å². The SMILES string of the molecule is [2H]C([2H])([2H])c1c[c-]c(-c2ccc(C([2H])([2H])C(C)(C)C)cn2)cc1.[2H]c1c([2H])c([2H])c(-c2cccc3c2oc2c(-c4cc(-c5ccc(C6([2H])CCC(C)(C)CC6)cc5C([2H])([2H])[2H])c(C([2H])([2H])[2H])cn4)[c-]ccc23)c([2H])c1[2H].[Ir]. The fourth-order valence-corrected chi connectivity index (χ4v) is 7.51. The third-order valence-corrected chi connectivity index (χ3v) is 10.7. The molecular formula is C56H56IrN2O-2. The van der Waals surface area contributed by atoms with Crippen LogP contribution in [0.1, 0.15) is 117 Å². The number of pyridine rings is 2. The Balaban J connectivity index is 0.000000301. The van der Waals surface area contributed by atoms with Crippen molar-refractivity contribution in [3.8, 4) is 44.8 Å². The molecule has 1 radical (unpaired) electrons. The van der Waals surface area contributed by atoms with E-state index in [2.05, 4.69) is 35.9 Å². The minimum absolute atomic E-state index is 0. The van der Waals surface area contributed by atoms with Crippen molar-refractivity contribution in [2.75, 3.05) is 0 Å². The molecule has 1 aliphatic carbocycles. The van der Waals surface area contributed by atoms with E-state index in [0.29, 0.717) is 62.7 Å². The summed E-state index contributed by atoms with van der Waals surface area (Å²) in [6.45, 7) is 2.47. The second-order valence-electron chi connectivity index (χ2n) is 16.8. The zero-order valence-electron chi connectivity index (χ0n) is 51.2. The van der Waals surface area contributed by atoms with E-state index in [1.807, 2.05) is 20.8 Å². The van der Waals surface area contributed by atoms with Crippen molar-refractivity contribution in [2.45, 2.75) is 93.1 Å². The molecule has 0 N–H and O–H groups in total. The maximum atomic E-state index is 9.30. The molecule has 0 atom stereocenters. The summed E-state index contributed by atoms with van der Waals surface area (Å²) >= 11 is 0. The van der Waals surface area contributed by atoms with Crippen LogP contribution in [0.15, 0.2) is 132 Å². The van der Waals surface area contributed by atoms with E-state index in [-0.39, 0.29) is 82.3 Å². The second kappa shape index (κ2) is 17.8. The minimum atomic E-state index is -2.65. The third kappa shape index (κ3) is 9.57. The van der Waals surface area contributed by atoms with Crippen molar-refractivity contribution >= 4 is 21.9 Å². The molecule has 0 amide bonds. The summed E-state index contributed by atoms with van der Waals surface area (Å²) in [6.07, 6.45) is 4.07. The van der Waals surface area contributed by atoms with Crippen molar-refractivity contribution in [2.24, 2.45) is 10.8 Å². The molecule has 1 aliphatic rings. The maximum Gasteiger partial charge on any atom is 0.128 e. The topological polar surface area (TPSA) is 38.9 Å². The van der Waals surface area contributed by atoms with Crippen LogP contribution in [-0.2, 0) is 26.5 Å². The Kier molecular flexibility index (Phi) is 7.80. The molecule has 0 unspecified atom stereocenters. The molecule has 60 heavy (non-hydrogen) atoms. The van der Waals surface area contributed by atoms with Gasteiger partial charge in [-0.15, -0.1) is 53.6 Å². The number of rotatable bonds is 6. The Labute approximate surface area is 395 Å². The molecule has 3 aromatic heterocycles. The number of furan rings is 1. The van der Waals surface area contributed by atoms with Crippen molar-refractivity contribution in [3.05, 3.63) is 167 Å². The first kappa shape index (κ1) is 26.2. The van der Waals surface area contributed by atoms with Gasteiger partial charge in [-0.05, 0) is 113 Å². The molecule has 307 valence electrons. The van der Waals surface area contributed by atoms with Crippen LogP contribution in [0, 0.1) is 43.5 Å². The van der Waals surface area contributed by atoms with Crippen LogP contribution in [0.5, 0.6) is 0 Å². The summed E-state index contributed by atoms with van der Waals surface area (Å²) < 4.78 is 146. The minimum Gasteiger partial charge on any atom is -0.500 e. The van der Waals surface area contributed by atoms with E-state index in [1.165, 1.54) is 24.5 Å². The first-order valence-corrected chi connectivity index (χ1v) is 19.7. The van der Waals surface area contributed by atoms with Gasteiger partial charge in [-0.2, -0.15) is 0 Å². The van der Waals surface area contributed by atoms with Gasteiger partial charge in [-0.3, -0.25) is 0 Å². The zero-order valence-corrected chi connectivity index (χ0v) is 36.6. The molecule has 3 heterocycles. The quantitative estimate of drug-likeness (QED) is 0.156. The summed E-state index contributed by atoms with van der Waals surface area (Å²) in [5, 5.41) is 1.23. The number of hydrogen-bond acceptors (Lipinski definition) is 3. The van der Waals surface area contributed by atoms with Crippen molar-refractivity contribution in [3.63, 3.8) is 0 Å². The number of aromatic nitrogens is 2. The van der Waals surface area contributed by atoms with Crippen molar-refractivity contribution < 1.29 is 47.8 Å². The number of hydrogen-bond donors (Lipinski definition) is 0. The number of fused-ring (bicyclic) bond motifs is 3. The van der Waals surface area contributed by atoms with Crippen LogP contribution in [0.25, 0.3) is 66.7 Å². The molecular weight excluding hydrogens is 909 g/mol. The van der Waals surface area contributed by atoms with Gasteiger partial charge in [-0.25, -0.2) is 0 Å². The predicted molar refractivity (Wildman–Crippen MR) is 248 cm³/mol. The third-order valence-electron chi connectivity index (χ3n) is 10.7. The van der Waals surface area contributed by atoms with Crippen LogP contribution in [0.4, 0.5) is 0 Å². The molecule has 0 aliphatic heterocycles. The van der Waals surface area contributed by atoms with Gasteiger partial charge in [-0.1, -0.05) is 137 Å². The van der Waals surface area contributed by atoms with Gasteiger partial charge >= 0.3 is 0 Å². The molecule has 3 nitrogen and oxygen atoms in total. The second-order valence-corrected chi connectivity index (χ2v) is 16.8. The Morgan fingerprint density at radius 2 is 1.58 bits per heavy atom. The van der Waals surface area contributed by atoms with Crippen LogP contribution < -0.4 is 0 Å². The first-order valence-electron chi connectivity index (χ1n) is 28.2. The Morgan fingerprint density at radius 3 is 2.28 bits per heavy atom. The number of nitrogens with zero attached hydrogens (tertiary/aromatic N) is 2. The smallest absolute Gasteiger partial charge is 0.128 e. The molecule has 5 aromatic carbocycles. The van der Waals surface area contributed by atoms with Gasteiger partial charge in [0.25, 0.3) is 0 Å². The van der Waals surface area contributed by atoms with Gasteiger partial charge < -0.3 is 14.4 Å². The Hall–Kier alpha value is -5.15. The maximum absolute atomic E-state index is 9.30. The summed E-state index contributed by atoms with van der Waals surface area (Å²) in [7, 11) is 0. The summed E-state index contributed by atoms with van der Waals surface area (Å²) in [6, 6.07) is 27.0. The van der Waals surface area contributed by atoms with Gasteiger partial charge in [0.15, 0.2) is 0 Å². The fraction of sp³-hybridized carbons (Fsp3) is 0.286. The first-order chi connectivity index (χ1) is 35.1. The van der Waals surface area contributed by atoms with Gasteiger partial charge in [0, 0.05) is 59.9 Å². The zero-order chi connectivity index (χ0) is 55.9. The molecule has 1 fully saturated rings. The average molecular weight is 982 g/mol. The molecule has 0 bridgehead atoms. The van der Waals surface area contributed by atoms with Gasteiger partial charge in [0.2, 0.25) is 0 Å². The van der Waals surface area contributed by atoms with Gasteiger partial charge in [0.05, 0.1) is 12.4 Å². The Morgan fingerprint density at radius 1 is 0.800 bits per heavy atom. The number of aryl methyl sites for hydroxylation is 3. The number of para-hydroxylation sites is 1. The average Bonchev–Trinajstić information content (AvgIpc) is 3.75. The fourth-order valence-electron chi connectivity index (χ4n) is 7.51. The van der Waals surface area contributed by atoms with E-state index in [1.54, 1.807) is 72.8 Å². The van der Waals surface area contributed by atoms with E-state index in [4.69, 9.17) is 26.3 Å². The normalized spacial score (nSPS) is 19.6. The molecule has 8 aromatic rings. The monoisotopic (exact) mass is 983 g/mol. The Bertz CT molecular complexity index is 3460. The summed E-state index contributed by atoms with van der Waals surface area (Å²) in [4.78, 5) is 8.83. The van der Waals surface area contributed by atoms with Crippen molar-refractivity contribution in [1.82, 2.24) is 9.97 Å². The standard InChI is InChI=1S/C39H36NO.C17H20N.Ir/c1-25-22-29(27-18-20-39(3,4)21-19-27)16-17-30(25)35-23-36(40-24-26(35)2)34-15-9-14-33-32-13-8-12-31(37(32)41-38(33)34)28-10-6-5-7-11-28;1-13-5-8-15(9-6-13)16-10-7-14(12-18-16)11-17(2,3)4;/h5-14,16-17,22-24,27H,18-21H2,1-4H3;5-8,10,12H,11H2,1-4H3;/q2*-1;/i1D3,2D3,5D,6D,7D,10D,11D,27D;1D3,11D2;. The molecule has 4 heteroatoms. The molecule has 0 spiro atoms. The summed E-state index contributed by atoms with van der Waals surface area (Å²) in [5.74, 6) is -0.968. The molecule has 0 saturated heterocycles. The molecule has 9 rings (SSSR count). The van der Waals surface area contributed by atoms with Crippen LogP contribution in [0.3, 0.4) is 0 Å². The van der Waals surface area contributed by atoms with E-state index < -0.39 is 56.4 Å². The van der Waals surface area contributed by atoms with E-state index in [9.17, 15) is 1.37 Å². The summed E-state index contributed by atoms with van der Waals surface area (Å²) in [5.41, 5.74) is 3.86. The van der Waals surface area contributed by atoms with E-state index in [0.717, 1.165) is 12.8 Å². The van der Waals surface area contributed by atoms with Crippen LogP contribution >= 0.6 is 0 Å². The van der Waals surface area contributed by atoms with Gasteiger partial charge in [0.1, 0.15) is 5.58 Å². The predicted octanol–water partition coefficient (Wildman–Crippen LogP) is 15.5. The van der Waals surface area contributed by atoms with E-state index >= 15 is 0 Å². The van der Waals surface area contributed by atoms with Crippen LogP contribution in [0.2, 0.25) is 0 Å². The number of benzene rings is 5. The molecule has 1 saturated carbocycles.